The van der Waals surface area contributed by atoms with Crippen molar-refractivity contribution in [2.45, 2.75) is 26.2 Å². The number of thioether (sulfide) groups is 1. The Hall–Kier alpha value is 0.270. The fourth-order valence-electron chi connectivity index (χ4n) is 0.754. The molecule has 0 aromatic rings. The Morgan fingerprint density at radius 1 is 1.17 bits per heavy atom. The number of nitrogens with two attached hydrogens (primary N) is 1. The first-order valence-electron chi connectivity index (χ1n) is 4.77. The van der Waals surface area contributed by atoms with Crippen molar-refractivity contribution >= 4 is 11.8 Å². The van der Waals surface area contributed by atoms with Gasteiger partial charge in [-0.2, -0.15) is 11.8 Å². The second kappa shape index (κ2) is 11.3. The summed E-state index contributed by atoms with van der Waals surface area (Å²) < 4.78 is 5.40. The Kier molecular flexibility index (Phi) is 11.5. The van der Waals surface area contributed by atoms with Gasteiger partial charge in [-0.15, -0.1) is 0 Å². The standard InChI is InChI=1S/C9H21NOS/c1-2-3-6-11-7-9-12-8-4-5-10/h2-10H2,1H3. The largest absolute Gasteiger partial charge is 0.381 e. The summed E-state index contributed by atoms with van der Waals surface area (Å²) in [4.78, 5) is 0. The molecule has 0 radical (unpaired) electrons. The minimum absolute atomic E-state index is 0.809. The van der Waals surface area contributed by atoms with E-state index in [9.17, 15) is 0 Å². The van der Waals surface area contributed by atoms with E-state index >= 15 is 0 Å². The smallest absolute Gasteiger partial charge is 0.0556 e. The lowest BCUT2D eigenvalue weighted by Gasteiger charge is -2.02. The van der Waals surface area contributed by atoms with Gasteiger partial charge in [0.2, 0.25) is 0 Å². The number of unbranched alkanes of at least 4 members (excludes halogenated alkanes) is 1. The maximum absolute atomic E-state index is 5.40. The number of hydrogen-bond acceptors (Lipinski definition) is 3. The average Bonchev–Trinajstić information content (AvgIpc) is 2.10. The Balaban J connectivity index is 2.73. The highest BCUT2D eigenvalue weighted by Gasteiger charge is 1.89. The summed E-state index contributed by atoms with van der Waals surface area (Å²) in [5.41, 5.74) is 5.36. The molecule has 2 nitrogen and oxygen atoms in total. The van der Waals surface area contributed by atoms with E-state index in [0.717, 1.165) is 31.9 Å². The van der Waals surface area contributed by atoms with Crippen LogP contribution in [0.1, 0.15) is 26.2 Å². The predicted octanol–water partition coefficient (Wildman–Crippen LogP) is 1.89. The highest BCUT2D eigenvalue weighted by molar-refractivity contribution is 7.99. The molecular formula is C9H21NOS. The topological polar surface area (TPSA) is 35.2 Å². The Labute approximate surface area is 80.2 Å². The molecule has 0 spiro atoms. The molecule has 0 saturated carbocycles. The fraction of sp³-hybridized carbons (Fsp3) is 1.00. The quantitative estimate of drug-likeness (QED) is 0.565. The summed E-state index contributed by atoms with van der Waals surface area (Å²) in [7, 11) is 0. The number of rotatable bonds is 9. The van der Waals surface area contributed by atoms with Gasteiger partial charge in [-0.05, 0) is 25.1 Å². The Morgan fingerprint density at radius 3 is 2.67 bits per heavy atom. The zero-order valence-electron chi connectivity index (χ0n) is 8.05. The summed E-state index contributed by atoms with van der Waals surface area (Å²) in [6.07, 6.45) is 3.54. The van der Waals surface area contributed by atoms with Crippen LogP contribution in [0.3, 0.4) is 0 Å². The van der Waals surface area contributed by atoms with E-state index < -0.39 is 0 Å². The molecule has 0 aliphatic carbocycles. The van der Waals surface area contributed by atoms with Crippen LogP contribution in [-0.2, 0) is 4.74 Å². The monoisotopic (exact) mass is 191 g/mol. The third-order valence-electron chi connectivity index (χ3n) is 1.51. The van der Waals surface area contributed by atoms with Crippen LogP contribution in [0.2, 0.25) is 0 Å². The van der Waals surface area contributed by atoms with Gasteiger partial charge in [0, 0.05) is 12.4 Å². The molecule has 0 amide bonds. The number of hydrogen-bond donors (Lipinski definition) is 1. The van der Waals surface area contributed by atoms with Crippen LogP contribution in [-0.4, -0.2) is 31.3 Å². The van der Waals surface area contributed by atoms with Crippen molar-refractivity contribution in [1.82, 2.24) is 0 Å². The van der Waals surface area contributed by atoms with Crippen molar-refractivity contribution in [3.8, 4) is 0 Å². The van der Waals surface area contributed by atoms with Gasteiger partial charge in [-0.1, -0.05) is 13.3 Å². The van der Waals surface area contributed by atoms with E-state index in [1.807, 2.05) is 11.8 Å². The zero-order chi connectivity index (χ0) is 9.07. The summed E-state index contributed by atoms with van der Waals surface area (Å²) in [6, 6.07) is 0. The van der Waals surface area contributed by atoms with Gasteiger partial charge in [0.1, 0.15) is 0 Å². The maximum atomic E-state index is 5.40. The third-order valence-corrected chi connectivity index (χ3v) is 2.54. The highest BCUT2D eigenvalue weighted by atomic mass is 32.2. The van der Waals surface area contributed by atoms with Crippen LogP contribution in [0, 0.1) is 0 Å². The Bertz CT molecular complexity index is 70.9. The molecule has 0 heterocycles. The molecule has 0 aliphatic heterocycles. The van der Waals surface area contributed by atoms with Crippen molar-refractivity contribution in [3.05, 3.63) is 0 Å². The fourth-order valence-corrected chi connectivity index (χ4v) is 1.56. The van der Waals surface area contributed by atoms with E-state index in [0.29, 0.717) is 0 Å². The lowest BCUT2D eigenvalue weighted by atomic mass is 10.4. The molecule has 0 saturated heterocycles. The van der Waals surface area contributed by atoms with Crippen LogP contribution in [0.25, 0.3) is 0 Å². The molecule has 2 N–H and O–H groups in total. The van der Waals surface area contributed by atoms with Gasteiger partial charge in [0.25, 0.3) is 0 Å². The van der Waals surface area contributed by atoms with Gasteiger partial charge >= 0.3 is 0 Å². The molecular weight excluding hydrogens is 170 g/mol. The van der Waals surface area contributed by atoms with Crippen LogP contribution >= 0.6 is 11.8 Å². The van der Waals surface area contributed by atoms with E-state index in [1.165, 1.54) is 18.6 Å². The number of ether oxygens (including phenoxy) is 1. The Morgan fingerprint density at radius 2 is 2.00 bits per heavy atom. The SMILES string of the molecule is CCCCOCCSCCCN. The van der Waals surface area contributed by atoms with Crippen LogP contribution < -0.4 is 5.73 Å². The zero-order valence-corrected chi connectivity index (χ0v) is 8.87. The van der Waals surface area contributed by atoms with E-state index in [4.69, 9.17) is 10.5 Å². The van der Waals surface area contributed by atoms with Crippen molar-refractivity contribution in [2.75, 3.05) is 31.3 Å². The minimum atomic E-state index is 0.809. The van der Waals surface area contributed by atoms with Gasteiger partial charge in [-0.3, -0.25) is 0 Å². The van der Waals surface area contributed by atoms with Gasteiger partial charge in [0.05, 0.1) is 6.61 Å². The predicted molar refractivity (Wildman–Crippen MR) is 56.7 cm³/mol. The molecule has 0 unspecified atom stereocenters. The molecule has 0 atom stereocenters. The van der Waals surface area contributed by atoms with E-state index in [2.05, 4.69) is 6.92 Å². The van der Waals surface area contributed by atoms with Crippen LogP contribution in [0.15, 0.2) is 0 Å². The van der Waals surface area contributed by atoms with Gasteiger partial charge in [-0.25, -0.2) is 0 Å². The first kappa shape index (κ1) is 12.3. The molecule has 12 heavy (non-hydrogen) atoms. The molecule has 0 rings (SSSR count). The summed E-state index contributed by atoms with van der Waals surface area (Å²) >= 11 is 1.93. The summed E-state index contributed by atoms with van der Waals surface area (Å²) in [5.74, 6) is 2.29. The third kappa shape index (κ3) is 10.3. The molecule has 0 bridgehead atoms. The first-order chi connectivity index (χ1) is 5.91. The minimum Gasteiger partial charge on any atom is -0.381 e. The van der Waals surface area contributed by atoms with Gasteiger partial charge in [0.15, 0.2) is 0 Å². The molecule has 0 aromatic heterocycles. The highest BCUT2D eigenvalue weighted by Crippen LogP contribution is 2.01. The molecule has 0 fully saturated rings. The van der Waals surface area contributed by atoms with Crippen molar-refractivity contribution in [1.29, 1.82) is 0 Å². The molecule has 0 aromatic carbocycles. The van der Waals surface area contributed by atoms with Crippen molar-refractivity contribution < 1.29 is 4.74 Å². The normalized spacial score (nSPS) is 10.5. The average molecular weight is 191 g/mol. The first-order valence-corrected chi connectivity index (χ1v) is 5.92. The van der Waals surface area contributed by atoms with Crippen molar-refractivity contribution in [2.24, 2.45) is 5.73 Å². The summed E-state index contributed by atoms with van der Waals surface area (Å²) in [6.45, 7) is 4.81. The van der Waals surface area contributed by atoms with Crippen molar-refractivity contribution in [3.63, 3.8) is 0 Å². The maximum Gasteiger partial charge on any atom is 0.0556 e. The second-order valence-corrected chi connectivity index (χ2v) is 3.95. The second-order valence-electron chi connectivity index (χ2n) is 2.72. The van der Waals surface area contributed by atoms with E-state index in [-0.39, 0.29) is 0 Å². The van der Waals surface area contributed by atoms with Crippen LogP contribution in [0.4, 0.5) is 0 Å². The van der Waals surface area contributed by atoms with E-state index in [1.54, 1.807) is 0 Å². The molecule has 3 heteroatoms. The molecule has 0 aliphatic rings. The summed E-state index contributed by atoms with van der Waals surface area (Å²) in [5, 5.41) is 0. The lowest BCUT2D eigenvalue weighted by Crippen LogP contribution is -2.02. The van der Waals surface area contributed by atoms with Gasteiger partial charge < -0.3 is 10.5 Å². The molecule has 74 valence electrons. The lowest BCUT2D eigenvalue weighted by molar-refractivity contribution is 0.147. The van der Waals surface area contributed by atoms with Crippen LogP contribution in [0.5, 0.6) is 0 Å².